The molecule has 7 nitrogen and oxygen atoms in total. The molecule has 2 rings (SSSR count). The lowest BCUT2D eigenvalue weighted by molar-refractivity contribution is -0.134. The van der Waals surface area contributed by atoms with Crippen molar-refractivity contribution in [2.75, 3.05) is 13.2 Å². The summed E-state index contributed by atoms with van der Waals surface area (Å²) < 4.78 is 16.2. The molecule has 7 heteroatoms. The highest BCUT2D eigenvalue weighted by atomic mass is 16.5. The maximum Gasteiger partial charge on any atom is 0.339 e. The quantitative estimate of drug-likeness (QED) is 0.791. The zero-order valence-corrected chi connectivity index (χ0v) is 12.8. The molecule has 2 atom stereocenters. The minimum atomic E-state index is -1.05. The van der Waals surface area contributed by atoms with Crippen LogP contribution in [0.3, 0.4) is 0 Å². The number of carbonyl (C=O) groups is 2. The number of ether oxygens (including phenoxy) is 2. The molecular weight excluding hydrogens is 290 g/mol. The predicted octanol–water partition coefficient (Wildman–Crippen LogP) is 1.49. The van der Waals surface area contributed by atoms with Crippen LogP contribution in [0.2, 0.25) is 0 Å². The lowest BCUT2D eigenvalue weighted by atomic mass is 10.2. The van der Waals surface area contributed by atoms with E-state index in [1.165, 1.54) is 6.07 Å². The molecule has 1 fully saturated rings. The number of aryl methyl sites for hydroxylation is 1. The van der Waals surface area contributed by atoms with Crippen LogP contribution >= 0.6 is 0 Å². The number of hydrogen-bond donors (Lipinski definition) is 2. The summed E-state index contributed by atoms with van der Waals surface area (Å²) in [6, 6.07) is 1.41. The van der Waals surface area contributed by atoms with E-state index in [1.807, 2.05) is 0 Å². The first kappa shape index (κ1) is 16.5. The number of carbonyl (C=O) groups excluding carboxylic acids is 1. The SMILES string of the molecule is Cc1oc(CNC(=O)[C@@H](C)OC[C@@H]2CCCO2)cc1C(=O)O. The average molecular weight is 311 g/mol. The number of nitrogens with one attached hydrogen (secondary N) is 1. The molecule has 0 saturated carbocycles. The molecule has 2 N–H and O–H groups in total. The second-order valence-electron chi connectivity index (χ2n) is 5.32. The molecule has 0 aliphatic carbocycles. The van der Waals surface area contributed by atoms with Crippen molar-refractivity contribution in [2.45, 2.75) is 45.4 Å². The van der Waals surface area contributed by atoms with Crippen LogP contribution in [-0.2, 0) is 20.8 Å². The normalized spacial score (nSPS) is 19.1. The van der Waals surface area contributed by atoms with Crippen LogP contribution in [0.15, 0.2) is 10.5 Å². The van der Waals surface area contributed by atoms with Gasteiger partial charge in [-0.25, -0.2) is 4.79 Å². The molecule has 2 heterocycles. The molecule has 22 heavy (non-hydrogen) atoms. The average Bonchev–Trinajstić information content (AvgIpc) is 3.11. The Morgan fingerprint density at radius 2 is 2.32 bits per heavy atom. The largest absolute Gasteiger partial charge is 0.478 e. The van der Waals surface area contributed by atoms with Gasteiger partial charge in [-0.2, -0.15) is 0 Å². The van der Waals surface area contributed by atoms with E-state index in [0.29, 0.717) is 18.1 Å². The Morgan fingerprint density at radius 1 is 1.55 bits per heavy atom. The van der Waals surface area contributed by atoms with E-state index in [1.54, 1.807) is 13.8 Å². The van der Waals surface area contributed by atoms with Crippen LogP contribution in [0.4, 0.5) is 0 Å². The Kier molecular flexibility index (Phi) is 5.57. The Bertz CT molecular complexity index is 532. The summed E-state index contributed by atoms with van der Waals surface area (Å²) in [4.78, 5) is 22.8. The highest BCUT2D eigenvalue weighted by Crippen LogP contribution is 2.15. The number of rotatable bonds is 7. The van der Waals surface area contributed by atoms with E-state index < -0.39 is 12.1 Å². The fraction of sp³-hybridized carbons (Fsp3) is 0.600. The zero-order valence-electron chi connectivity index (χ0n) is 12.8. The summed E-state index contributed by atoms with van der Waals surface area (Å²) in [7, 11) is 0. The van der Waals surface area contributed by atoms with Gasteiger partial charge in [-0.1, -0.05) is 0 Å². The van der Waals surface area contributed by atoms with Crippen LogP contribution in [0.1, 0.15) is 41.6 Å². The molecule has 0 spiro atoms. The van der Waals surface area contributed by atoms with E-state index in [2.05, 4.69) is 5.32 Å². The smallest absolute Gasteiger partial charge is 0.339 e. The van der Waals surface area contributed by atoms with Crippen molar-refractivity contribution in [3.05, 3.63) is 23.2 Å². The molecule has 122 valence electrons. The molecule has 1 aliphatic rings. The van der Waals surface area contributed by atoms with Crippen molar-refractivity contribution in [3.8, 4) is 0 Å². The van der Waals surface area contributed by atoms with Gasteiger partial charge in [0.15, 0.2) is 0 Å². The number of amides is 1. The highest BCUT2D eigenvalue weighted by Gasteiger charge is 2.20. The second kappa shape index (κ2) is 7.42. The van der Waals surface area contributed by atoms with Crippen molar-refractivity contribution >= 4 is 11.9 Å². The van der Waals surface area contributed by atoms with Gasteiger partial charge in [-0.15, -0.1) is 0 Å². The van der Waals surface area contributed by atoms with Gasteiger partial charge >= 0.3 is 5.97 Å². The molecule has 1 saturated heterocycles. The molecule has 0 aromatic carbocycles. The first-order chi connectivity index (χ1) is 10.5. The summed E-state index contributed by atoms with van der Waals surface area (Å²) in [5.41, 5.74) is 0.104. The monoisotopic (exact) mass is 311 g/mol. The minimum Gasteiger partial charge on any atom is -0.478 e. The molecular formula is C15H21NO6. The van der Waals surface area contributed by atoms with Gasteiger partial charge in [0.2, 0.25) is 5.91 Å². The van der Waals surface area contributed by atoms with E-state index in [4.69, 9.17) is 19.0 Å². The van der Waals surface area contributed by atoms with Crippen molar-refractivity contribution in [1.29, 1.82) is 0 Å². The van der Waals surface area contributed by atoms with Crippen molar-refractivity contribution in [3.63, 3.8) is 0 Å². The molecule has 1 aliphatic heterocycles. The summed E-state index contributed by atoms with van der Waals surface area (Å²) in [6.45, 7) is 4.51. The third-order valence-electron chi connectivity index (χ3n) is 3.56. The molecule has 1 aromatic rings. The van der Waals surface area contributed by atoms with Crippen molar-refractivity contribution < 1.29 is 28.6 Å². The third kappa shape index (κ3) is 4.32. The van der Waals surface area contributed by atoms with E-state index >= 15 is 0 Å². The van der Waals surface area contributed by atoms with Gasteiger partial charge in [0, 0.05) is 6.61 Å². The van der Waals surface area contributed by atoms with E-state index in [9.17, 15) is 9.59 Å². The van der Waals surface area contributed by atoms with E-state index in [0.717, 1.165) is 19.4 Å². The maximum absolute atomic E-state index is 11.9. The highest BCUT2D eigenvalue weighted by molar-refractivity contribution is 5.88. The van der Waals surface area contributed by atoms with Gasteiger partial charge in [-0.05, 0) is 32.8 Å². The minimum absolute atomic E-state index is 0.0705. The summed E-state index contributed by atoms with van der Waals surface area (Å²) >= 11 is 0. The standard InChI is InChI=1S/C15H21NO6/c1-9-13(15(18)19)6-12(22-9)7-16-14(17)10(2)21-8-11-4-3-5-20-11/h6,10-11H,3-5,7-8H2,1-2H3,(H,16,17)(H,18,19)/t10-,11+/m1/s1. The van der Waals surface area contributed by atoms with Crippen molar-refractivity contribution in [2.24, 2.45) is 0 Å². The zero-order chi connectivity index (χ0) is 16.1. The van der Waals surface area contributed by atoms with Crippen LogP contribution in [0.25, 0.3) is 0 Å². The number of carboxylic acids is 1. The van der Waals surface area contributed by atoms with Gasteiger partial charge in [0.1, 0.15) is 23.2 Å². The Hall–Kier alpha value is -1.86. The maximum atomic E-state index is 11.9. The Morgan fingerprint density at radius 3 is 2.91 bits per heavy atom. The molecule has 0 radical (unpaired) electrons. The van der Waals surface area contributed by atoms with Crippen LogP contribution < -0.4 is 5.32 Å². The van der Waals surface area contributed by atoms with Gasteiger partial charge in [-0.3, -0.25) is 4.79 Å². The Labute approximate surface area is 128 Å². The molecule has 0 unspecified atom stereocenters. The fourth-order valence-corrected chi connectivity index (χ4v) is 2.26. The first-order valence-electron chi connectivity index (χ1n) is 7.31. The third-order valence-corrected chi connectivity index (χ3v) is 3.56. The Balaban J connectivity index is 1.76. The van der Waals surface area contributed by atoms with E-state index in [-0.39, 0.29) is 24.1 Å². The summed E-state index contributed by atoms with van der Waals surface area (Å²) in [6.07, 6.45) is 1.45. The number of hydrogen-bond acceptors (Lipinski definition) is 5. The fourth-order valence-electron chi connectivity index (χ4n) is 2.26. The van der Waals surface area contributed by atoms with Crippen LogP contribution in [0.5, 0.6) is 0 Å². The first-order valence-corrected chi connectivity index (χ1v) is 7.31. The topological polar surface area (TPSA) is 98.0 Å². The molecule has 0 bridgehead atoms. The number of carboxylic acid groups (broad SMARTS) is 1. The molecule has 1 aromatic heterocycles. The van der Waals surface area contributed by atoms with Crippen LogP contribution in [-0.4, -0.2) is 42.4 Å². The lowest BCUT2D eigenvalue weighted by Crippen LogP contribution is -2.35. The van der Waals surface area contributed by atoms with Gasteiger partial charge in [0.25, 0.3) is 0 Å². The molecule has 1 amide bonds. The summed E-state index contributed by atoms with van der Waals surface area (Å²) in [5.74, 6) is -0.606. The lowest BCUT2D eigenvalue weighted by Gasteiger charge is -2.15. The second-order valence-corrected chi connectivity index (χ2v) is 5.32. The summed E-state index contributed by atoms with van der Waals surface area (Å²) in [5, 5.41) is 11.6. The van der Waals surface area contributed by atoms with Crippen molar-refractivity contribution in [1.82, 2.24) is 5.32 Å². The number of aromatic carboxylic acids is 1. The number of furan rings is 1. The van der Waals surface area contributed by atoms with Gasteiger partial charge < -0.3 is 24.3 Å². The predicted molar refractivity (Wildman–Crippen MR) is 76.6 cm³/mol. The van der Waals surface area contributed by atoms with Gasteiger partial charge in [0.05, 0.1) is 19.3 Å². The van der Waals surface area contributed by atoms with Crippen LogP contribution in [0, 0.1) is 6.92 Å².